The fourth-order valence-electron chi connectivity index (χ4n) is 3.10. The zero-order valence-corrected chi connectivity index (χ0v) is 16.4. The average molecular weight is 405 g/mol. The molecule has 0 saturated carbocycles. The minimum absolute atomic E-state index is 0.140. The molecule has 2 aromatic rings. The standard InChI is InChI=1S/C20H21ClN2O5/c1-26-17-7-12-5-6-23(10-13(12)8-18(17)27-2)19(24)11-28-20(25)15-9-14(21)3-4-16(15)22/h3-4,7-9H,5-6,10-11,22H2,1-2H3. The zero-order chi connectivity index (χ0) is 20.3. The Hall–Kier alpha value is -2.93. The van der Waals surface area contributed by atoms with Crippen LogP contribution in [0.4, 0.5) is 5.69 Å². The molecule has 0 unspecified atom stereocenters. The Bertz CT molecular complexity index is 916. The lowest BCUT2D eigenvalue weighted by atomic mass is 9.99. The number of carbonyl (C=O) groups excluding carboxylic acids is 2. The van der Waals surface area contributed by atoms with Gasteiger partial charge in [0.2, 0.25) is 0 Å². The molecular formula is C20H21ClN2O5. The first-order valence-electron chi connectivity index (χ1n) is 8.66. The van der Waals surface area contributed by atoms with Gasteiger partial charge in [-0.25, -0.2) is 4.79 Å². The van der Waals surface area contributed by atoms with Crippen molar-refractivity contribution in [2.24, 2.45) is 0 Å². The number of fused-ring (bicyclic) bond motifs is 1. The SMILES string of the molecule is COc1cc2c(cc1OC)CN(C(=O)COC(=O)c1cc(Cl)ccc1N)CC2. The molecule has 7 nitrogen and oxygen atoms in total. The van der Waals surface area contributed by atoms with Crippen molar-refractivity contribution in [1.82, 2.24) is 4.90 Å². The number of benzene rings is 2. The summed E-state index contributed by atoms with van der Waals surface area (Å²) in [4.78, 5) is 26.3. The van der Waals surface area contributed by atoms with E-state index in [1.54, 1.807) is 25.2 Å². The molecule has 1 amide bonds. The maximum absolute atomic E-state index is 12.5. The summed E-state index contributed by atoms with van der Waals surface area (Å²) in [6, 6.07) is 8.31. The number of hydrogen-bond donors (Lipinski definition) is 1. The summed E-state index contributed by atoms with van der Waals surface area (Å²) in [6.07, 6.45) is 0.677. The van der Waals surface area contributed by atoms with E-state index in [4.69, 9.17) is 31.5 Å². The number of halogens is 1. The minimum atomic E-state index is -0.683. The Morgan fingerprint density at radius 2 is 1.79 bits per heavy atom. The van der Waals surface area contributed by atoms with Crippen molar-refractivity contribution in [3.63, 3.8) is 0 Å². The number of esters is 1. The lowest BCUT2D eigenvalue weighted by Crippen LogP contribution is -2.38. The zero-order valence-electron chi connectivity index (χ0n) is 15.7. The number of anilines is 1. The fraction of sp³-hybridized carbons (Fsp3) is 0.300. The van der Waals surface area contributed by atoms with Crippen LogP contribution in [-0.2, 0) is 22.5 Å². The second-order valence-corrected chi connectivity index (χ2v) is 6.79. The monoisotopic (exact) mass is 404 g/mol. The third-order valence-corrected chi connectivity index (χ3v) is 4.87. The third kappa shape index (κ3) is 4.14. The van der Waals surface area contributed by atoms with Crippen molar-refractivity contribution in [3.05, 3.63) is 52.0 Å². The van der Waals surface area contributed by atoms with Gasteiger partial charge in [0.25, 0.3) is 5.91 Å². The number of amides is 1. The van der Waals surface area contributed by atoms with E-state index in [0.29, 0.717) is 36.0 Å². The smallest absolute Gasteiger partial charge is 0.340 e. The van der Waals surface area contributed by atoms with E-state index >= 15 is 0 Å². The van der Waals surface area contributed by atoms with E-state index in [2.05, 4.69) is 0 Å². The molecule has 1 heterocycles. The topological polar surface area (TPSA) is 91.1 Å². The van der Waals surface area contributed by atoms with Crippen LogP contribution in [0.2, 0.25) is 5.02 Å². The first-order chi connectivity index (χ1) is 13.4. The van der Waals surface area contributed by atoms with Crippen molar-refractivity contribution in [2.75, 3.05) is 33.1 Å². The quantitative estimate of drug-likeness (QED) is 0.608. The Balaban J connectivity index is 1.65. The number of hydrogen-bond acceptors (Lipinski definition) is 6. The lowest BCUT2D eigenvalue weighted by molar-refractivity contribution is -0.135. The highest BCUT2D eigenvalue weighted by molar-refractivity contribution is 6.31. The highest BCUT2D eigenvalue weighted by Gasteiger charge is 2.24. The normalized spacial score (nSPS) is 12.9. The molecule has 0 spiro atoms. The Morgan fingerprint density at radius 3 is 2.46 bits per heavy atom. The van der Waals surface area contributed by atoms with Crippen LogP contribution in [0.25, 0.3) is 0 Å². The lowest BCUT2D eigenvalue weighted by Gasteiger charge is -2.29. The predicted molar refractivity (Wildman–Crippen MR) is 105 cm³/mol. The molecule has 0 bridgehead atoms. The Morgan fingerprint density at radius 1 is 1.11 bits per heavy atom. The third-order valence-electron chi connectivity index (χ3n) is 4.63. The van der Waals surface area contributed by atoms with Gasteiger partial charge in [-0.15, -0.1) is 0 Å². The molecule has 0 atom stereocenters. The van der Waals surface area contributed by atoms with Gasteiger partial charge in [0, 0.05) is 23.8 Å². The van der Waals surface area contributed by atoms with Crippen LogP contribution in [0.15, 0.2) is 30.3 Å². The van der Waals surface area contributed by atoms with Crippen LogP contribution < -0.4 is 15.2 Å². The number of rotatable bonds is 5. The number of nitrogens with zero attached hydrogens (tertiary/aromatic N) is 1. The van der Waals surface area contributed by atoms with Crippen molar-refractivity contribution in [3.8, 4) is 11.5 Å². The maximum Gasteiger partial charge on any atom is 0.340 e. The number of nitrogens with two attached hydrogens (primary N) is 1. The molecule has 2 aromatic carbocycles. The largest absolute Gasteiger partial charge is 0.493 e. The summed E-state index contributed by atoms with van der Waals surface area (Å²) < 4.78 is 15.8. The molecule has 0 fully saturated rings. The predicted octanol–water partition coefficient (Wildman–Crippen LogP) is 2.68. The highest BCUT2D eigenvalue weighted by Crippen LogP contribution is 2.33. The van der Waals surface area contributed by atoms with Crippen LogP contribution in [-0.4, -0.2) is 44.1 Å². The van der Waals surface area contributed by atoms with Gasteiger partial charge in [-0.05, 0) is 47.9 Å². The number of ether oxygens (including phenoxy) is 3. The molecule has 28 heavy (non-hydrogen) atoms. The van der Waals surface area contributed by atoms with Crippen LogP contribution in [0, 0.1) is 0 Å². The summed E-state index contributed by atoms with van der Waals surface area (Å²) in [5, 5.41) is 0.365. The average Bonchev–Trinajstić information content (AvgIpc) is 2.71. The Labute approximate surface area is 167 Å². The van der Waals surface area contributed by atoms with Gasteiger partial charge < -0.3 is 24.8 Å². The molecule has 0 saturated heterocycles. The molecular weight excluding hydrogens is 384 g/mol. The van der Waals surface area contributed by atoms with Gasteiger partial charge in [0.05, 0.1) is 19.8 Å². The van der Waals surface area contributed by atoms with Crippen molar-refractivity contribution in [2.45, 2.75) is 13.0 Å². The van der Waals surface area contributed by atoms with Gasteiger partial charge in [-0.3, -0.25) is 4.79 Å². The molecule has 8 heteroatoms. The molecule has 3 rings (SSSR count). The van der Waals surface area contributed by atoms with E-state index in [9.17, 15) is 9.59 Å². The highest BCUT2D eigenvalue weighted by atomic mass is 35.5. The van der Waals surface area contributed by atoms with Crippen LogP contribution >= 0.6 is 11.6 Å². The fourth-order valence-corrected chi connectivity index (χ4v) is 3.27. The van der Waals surface area contributed by atoms with Gasteiger partial charge in [-0.1, -0.05) is 11.6 Å². The van der Waals surface area contributed by atoms with Gasteiger partial charge >= 0.3 is 5.97 Å². The maximum atomic E-state index is 12.5. The van der Waals surface area contributed by atoms with Gasteiger partial charge in [0.1, 0.15) is 0 Å². The molecule has 2 N–H and O–H groups in total. The number of methoxy groups -OCH3 is 2. The second kappa shape index (κ2) is 8.39. The van der Waals surface area contributed by atoms with E-state index in [1.165, 1.54) is 12.1 Å². The molecule has 0 radical (unpaired) electrons. The van der Waals surface area contributed by atoms with E-state index in [-0.39, 0.29) is 23.8 Å². The number of carbonyl (C=O) groups is 2. The second-order valence-electron chi connectivity index (χ2n) is 6.35. The van der Waals surface area contributed by atoms with Crippen molar-refractivity contribution in [1.29, 1.82) is 0 Å². The van der Waals surface area contributed by atoms with E-state index < -0.39 is 5.97 Å². The van der Waals surface area contributed by atoms with Crippen molar-refractivity contribution >= 4 is 29.2 Å². The van der Waals surface area contributed by atoms with Crippen molar-refractivity contribution < 1.29 is 23.8 Å². The summed E-state index contributed by atoms with van der Waals surface area (Å²) in [5.41, 5.74) is 8.23. The molecule has 1 aliphatic heterocycles. The molecule has 0 aliphatic carbocycles. The van der Waals surface area contributed by atoms with Gasteiger partial charge in [-0.2, -0.15) is 0 Å². The summed E-state index contributed by atoms with van der Waals surface area (Å²) in [5.74, 6) is 0.305. The minimum Gasteiger partial charge on any atom is -0.493 e. The molecule has 0 aromatic heterocycles. The van der Waals surface area contributed by atoms with Crippen LogP contribution in [0.3, 0.4) is 0 Å². The molecule has 1 aliphatic rings. The van der Waals surface area contributed by atoms with Crippen LogP contribution in [0.5, 0.6) is 11.5 Å². The summed E-state index contributed by atoms with van der Waals surface area (Å²) in [6.45, 7) is 0.566. The van der Waals surface area contributed by atoms with Crippen LogP contribution in [0.1, 0.15) is 21.5 Å². The summed E-state index contributed by atoms with van der Waals surface area (Å²) in [7, 11) is 3.15. The van der Waals surface area contributed by atoms with E-state index in [0.717, 1.165) is 11.1 Å². The van der Waals surface area contributed by atoms with Gasteiger partial charge in [0.15, 0.2) is 18.1 Å². The number of nitrogen functional groups attached to an aromatic ring is 1. The first-order valence-corrected chi connectivity index (χ1v) is 9.04. The van der Waals surface area contributed by atoms with E-state index in [1.807, 2.05) is 12.1 Å². The molecule has 148 valence electrons. The summed E-state index contributed by atoms with van der Waals surface area (Å²) >= 11 is 5.88. The Kier molecular flexibility index (Phi) is 5.94. The first kappa shape index (κ1) is 19.8.